The molecule has 1 aromatic carbocycles. The van der Waals surface area contributed by atoms with E-state index in [2.05, 4.69) is 31.5 Å². The summed E-state index contributed by atoms with van der Waals surface area (Å²) >= 11 is 4.27. The van der Waals surface area contributed by atoms with Crippen LogP contribution in [0.2, 0.25) is 0 Å². The molecule has 0 amide bonds. The Balaban J connectivity index is 2.07. The largest absolute Gasteiger partial charge is 0.389 e. The van der Waals surface area contributed by atoms with E-state index in [0.29, 0.717) is 10.8 Å². The average molecular weight is 353 g/mol. The predicted octanol–water partition coefficient (Wildman–Crippen LogP) is 3.47. The Bertz CT molecular complexity index is 540. The van der Waals surface area contributed by atoms with Crippen molar-refractivity contribution in [2.45, 2.75) is 17.8 Å². The molecule has 2 aromatic rings. The zero-order chi connectivity index (χ0) is 13.9. The minimum Gasteiger partial charge on any atom is -0.188 e. The number of benzene rings is 1. The Labute approximate surface area is 119 Å². The van der Waals surface area contributed by atoms with Crippen LogP contribution in [0.25, 0.3) is 5.69 Å². The van der Waals surface area contributed by atoms with Crippen molar-refractivity contribution in [3.8, 4) is 5.69 Å². The van der Waals surface area contributed by atoms with Crippen LogP contribution in [0, 0.1) is 0 Å². The van der Waals surface area contributed by atoms with Gasteiger partial charge in [-0.3, -0.25) is 0 Å². The predicted molar refractivity (Wildman–Crippen MR) is 68.3 cm³/mol. The molecule has 2 rings (SSSR count). The lowest BCUT2D eigenvalue weighted by molar-refractivity contribution is -0.129. The third kappa shape index (κ3) is 4.20. The number of aromatic nitrogens is 4. The number of alkyl halides is 3. The van der Waals surface area contributed by atoms with E-state index in [4.69, 9.17) is 0 Å². The molecule has 0 saturated heterocycles. The number of hydrogen-bond donors (Lipinski definition) is 0. The number of nitrogens with zero attached hydrogens (tertiary/aromatic N) is 4. The SMILES string of the molecule is FC(F)(F)CCSc1nnnn1-c1ccc(Br)cc1. The summed E-state index contributed by atoms with van der Waals surface area (Å²) in [6, 6.07) is 7.16. The van der Waals surface area contributed by atoms with Gasteiger partial charge < -0.3 is 0 Å². The number of halogens is 4. The molecule has 0 aliphatic heterocycles. The maximum atomic E-state index is 12.1. The van der Waals surface area contributed by atoms with Crippen LogP contribution in [0.3, 0.4) is 0 Å². The summed E-state index contributed by atoms with van der Waals surface area (Å²) in [6.07, 6.45) is -5.03. The van der Waals surface area contributed by atoms with Gasteiger partial charge in [-0.05, 0) is 34.7 Å². The molecule has 0 bridgehead atoms. The summed E-state index contributed by atoms with van der Waals surface area (Å²) < 4.78 is 38.5. The van der Waals surface area contributed by atoms with E-state index in [9.17, 15) is 13.2 Å². The van der Waals surface area contributed by atoms with Gasteiger partial charge in [0.15, 0.2) is 0 Å². The zero-order valence-corrected chi connectivity index (χ0v) is 11.8. The Kier molecular flexibility index (Phi) is 4.46. The molecule has 0 aliphatic carbocycles. The minimum absolute atomic E-state index is 0.111. The molecule has 1 aromatic heterocycles. The number of tetrazole rings is 1. The summed E-state index contributed by atoms with van der Waals surface area (Å²) in [5, 5.41) is 11.3. The maximum Gasteiger partial charge on any atom is 0.389 e. The van der Waals surface area contributed by atoms with Crippen LogP contribution >= 0.6 is 27.7 Å². The fraction of sp³-hybridized carbons (Fsp3) is 0.300. The third-order valence-electron chi connectivity index (χ3n) is 2.13. The highest BCUT2D eigenvalue weighted by Crippen LogP contribution is 2.26. The highest BCUT2D eigenvalue weighted by atomic mass is 79.9. The van der Waals surface area contributed by atoms with Gasteiger partial charge in [0.25, 0.3) is 0 Å². The average Bonchev–Trinajstić information content (AvgIpc) is 2.77. The van der Waals surface area contributed by atoms with Crippen LogP contribution < -0.4 is 0 Å². The first-order chi connectivity index (χ1) is 8.96. The van der Waals surface area contributed by atoms with E-state index < -0.39 is 12.6 Å². The Morgan fingerprint density at radius 1 is 1.21 bits per heavy atom. The Morgan fingerprint density at radius 2 is 1.89 bits per heavy atom. The van der Waals surface area contributed by atoms with Gasteiger partial charge in [0.2, 0.25) is 5.16 Å². The van der Waals surface area contributed by atoms with E-state index in [-0.39, 0.29) is 5.75 Å². The van der Waals surface area contributed by atoms with Gasteiger partial charge in [0.05, 0.1) is 12.1 Å². The van der Waals surface area contributed by atoms with E-state index >= 15 is 0 Å². The van der Waals surface area contributed by atoms with Crippen molar-refractivity contribution in [2.24, 2.45) is 0 Å². The van der Waals surface area contributed by atoms with Crippen LogP contribution in [0.1, 0.15) is 6.42 Å². The van der Waals surface area contributed by atoms with Crippen LogP contribution in [0.15, 0.2) is 33.9 Å². The van der Waals surface area contributed by atoms with Crippen LogP contribution in [0.5, 0.6) is 0 Å². The van der Waals surface area contributed by atoms with E-state index in [0.717, 1.165) is 16.2 Å². The third-order valence-corrected chi connectivity index (χ3v) is 3.58. The molecule has 0 spiro atoms. The highest BCUT2D eigenvalue weighted by Gasteiger charge is 2.26. The van der Waals surface area contributed by atoms with Gasteiger partial charge in [-0.1, -0.05) is 27.7 Å². The summed E-state index contributed by atoms with van der Waals surface area (Å²) in [4.78, 5) is 0. The molecule has 4 nitrogen and oxygen atoms in total. The molecular formula is C10H8BrF3N4S. The first-order valence-corrected chi connectivity index (χ1v) is 6.97. The van der Waals surface area contributed by atoms with E-state index in [1.807, 2.05) is 0 Å². The summed E-state index contributed by atoms with van der Waals surface area (Å²) in [7, 11) is 0. The molecular weight excluding hydrogens is 345 g/mol. The lowest BCUT2D eigenvalue weighted by Gasteiger charge is -2.06. The van der Waals surface area contributed by atoms with Crippen molar-refractivity contribution < 1.29 is 13.2 Å². The van der Waals surface area contributed by atoms with Gasteiger partial charge >= 0.3 is 6.18 Å². The first kappa shape index (κ1) is 14.3. The zero-order valence-electron chi connectivity index (χ0n) is 9.43. The Hall–Kier alpha value is -1.09. The summed E-state index contributed by atoms with van der Waals surface area (Å²) in [5.41, 5.74) is 0.697. The molecule has 0 atom stereocenters. The van der Waals surface area contributed by atoms with Crippen LogP contribution in [0.4, 0.5) is 13.2 Å². The molecule has 1 heterocycles. The quantitative estimate of drug-likeness (QED) is 0.790. The molecule has 0 saturated carbocycles. The fourth-order valence-corrected chi connectivity index (χ4v) is 2.41. The molecule has 9 heteroatoms. The van der Waals surface area contributed by atoms with Gasteiger partial charge in [-0.25, -0.2) is 0 Å². The Morgan fingerprint density at radius 3 is 2.53 bits per heavy atom. The molecule has 0 unspecified atom stereocenters. The summed E-state index contributed by atoms with van der Waals surface area (Å²) in [5.74, 6) is -0.111. The second-order valence-corrected chi connectivity index (χ2v) is 5.54. The lowest BCUT2D eigenvalue weighted by atomic mass is 10.3. The van der Waals surface area contributed by atoms with Crippen LogP contribution in [-0.4, -0.2) is 32.1 Å². The number of thioether (sulfide) groups is 1. The van der Waals surface area contributed by atoms with Crippen molar-refractivity contribution in [1.82, 2.24) is 20.2 Å². The topological polar surface area (TPSA) is 43.6 Å². The monoisotopic (exact) mass is 352 g/mol. The number of rotatable bonds is 4. The molecule has 0 radical (unpaired) electrons. The molecule has 0 fully saturated rings. The van der Waals surface area contributed by atoms with Crippen molar-refractivity contribution in [2.75, 3.05) is 5.75 Å². The van der Waals surface area contributed by atoms with Crippen molar-refractivity contribution in [1.29, 1.82) is 0 Å². The maximum absolute atomic E-state index is 12.1. The number of hydrogen-bond acceptors (Lipinski definition) is 4. The van der Waals surface area contributed by atoms with Gasteiger partial charge in [0.1, 0.15) is 0 Å². The standard InChI is InChI=1S/C10H8BrF3N4S/c11-7-1-3-8(4-2-7)18-9(15-16-17-18)19-6-5-10(12,13)14/h1-4H,5-6H2. The van der Waals surface area contributed by atoms with Crippen molar-refractivity contribution in [3.05, 3.63) is 28.7 Å². The van der Waals surface area contributed by atoms with Crippen molar-refractivity contribution >= 4 is 27.7 Å². The highest BCUT2D eigenvalue weighted by molar-refractivity contribution is 9.10. The first-order valence-electron chi connectivity index (χ1n) is 5.19. The molecule has 19 heavy (non-hydrogen) atoms. The second-order valence-electron chi connectivity index (χ2n) is 3.56. The van der Waals surface area contributed by atoms with Gasteiger partial charge in [-0.2, -0.15) is 17.9 Å². The molecule has 0 N–H and O–H groups in total. The van der Waals surface area contributed by atoms with E-state index in [1.165, 1.54) is 4.68 Å². The molecule has 0 aliphatic rings. The normalized spacial score (nSPS) is 11.8. The van der Waals surface area contributed by atoms with Crippen molar-refractivity contribution in [3.63, 3.8) is 0 Å². The van der Waals surface area contributed by atoms with Gasteiger partial charge in [-0.15, -0.1) is 5.10 Å². The fourth-order valence-electron chi connectivity index (χ4n) is 1.27. The molecule has 102 valence electrons. The van der Waals surface area contributed by atoms with Crippen LogP contribution in [-0.2, 0) is 0 Å². The smallest absolute Gasteiger partial charge is 0.188 e. The van der Waals surface area contributed by atoms with E-state index in [1.54, 1.807) is 24.3 Å². The second kappa shape index (κ2) is 5.91. The minimum atomic E-state index is -4.16. The van der Waals surface area contributed by atoms with Gasteiger partial charge in [0, 0.05) is 10.2 Å². The lowest BCUT2D eigenvalue weighted by Crippen LogP contribution is -2.08. The summed E-state index contributed by atoms with van der Waals surface area (Å²) in [6.45, 7) is 0.